The largest absolute Gasteiger partial charge is 0.469 e. The van der Waals surface area contributed by atoms with Crippen LogP contribution in [0, 0.1) is 0 Å². The van der Waals surface area contributed by atoms with Gasteiger partial charge in [-0.05, 0) is 37.6 Å². The maximum Gasteiger partial charge on any atom is 0.225 e. The SMILES string of the molecule is C[C@@H](CCc1ccco1)NC(=O)Cc1cnc(-c2c(Cl)cccc2Cl)s1. The lowest BCUT2D eigenvalue weighted by atomic mass is 10.1. The summed E-state index contributed by atoms with van der Waals surface area (Å²) in [6.45, 7) is 1.99. The smallest absolute Gasteiger partial charge is 0.225 e. The van der Waals surface area contributed by atoms with Crippen molar-refractivity contribution in [3.63, 3.8) is 0 Å². The number of rotatable bonds is 7. The Kier molecular flexibility index (Phi) is 6.35. The number of aromatic nitrogens is 1. The van der Waals surface area contributed by atoms with Crippen molar-refractivity contribution in [1.29, 1.82) is 0 Å². The van der Waals surface area contributed by atoms with E-state index in [4.69, 9.17) is 27.6 Å². The number of amides is 1. The van der Waals surface area contributed by atoms with Crippen molar-refractivity contribution in [1.82, 2.24) is 10.3 Å². The van der Waals surface area contributed by atoms with Crippen molar-refractivity contribution >= 4 is 40.4 Å². The first-order valence-corrected chi connectivity index (χ1v) is 9.81. The van der Waals surface area contributed by atoms with Crippen molar-refractivity contribution in [2.75, 3.05) is 0 Å². The van der Waals surface area contributed by atoms with Crippen LogP contribution >= 0.6 is 34.5 Å². The van der Waals surface area contributed by atoms with E-state index in [9.17, 15) is 4.79 Å². The average molecular weight is 409 g/mol. The minimum absolute atomic E-state index is 0.0302. The van der Waals surface area contributed by atoms with E-state index in [2.05, 4.69) is 10.3 Å². The minimum atomic E-state index is -0.0302. The predicted molar refractivity (Wildman–Crippen MR) is 106 cm³/mol. The Hall–Kier alpha value is -1.82. The van der Waals surface area contributed by atoms with E-state index in [-0.39, 0.29) is 18.4 Å². The van der Waals surface area contributed by atoms with Gasteiger partial charge in [0.15, 0.2) is 0 Å². The lowest BCUT2D eigenvalue weighted by Gasteiger charge is -2.12. The van der Waals surface area contributed by atoms with Gasteiger partial charge in [-0.1, -0.05) is 29.3 Å². The molecule has 0 spiro atoms. The maximum absolute atomic E-state index is 12.3. The van der Waals surface area contributed by atoms with Crippen LogP contribution < -0.4 is 5.32 Å². The maximum atomic E-state index is 12.3. The van der Waals surface area contributed by atoms with E-state index in [0.717, 1.165) is 23.5 Å². The van der Waals surface area contributed by atoms with Gasteiger partial charge in [-0.2, -0.15) is 0 Å². The second-order valence-corrected chi connectivity index (χ2v) is 7.92. The van der Waals surface area contributed by atoms with Crippen LogP contribution in [0.15, 0.2) is 47.2 Å². The topological polar surface area (TPSA) is 55.1 Å². The Bertz CT molecular complexity index is 857. The molecule has 4 nitrogen and oxygen atoms in total. The predicted octanol–water partition coefficient (Wildman–Crippen LogP) is 5.39. The monoisotopic (exact) mass is 408 g/mol. The molecular weight excluding hydrogens is 391 g/mol. The fourth-order valence-electron chi connectivity index (χ4n) is 2.58. The molecule has 2 aromatic heterocycles. The molecule has 3 aromatic rings. The van der Waals surface area contributed by atoms with Gasteiger partial charge in [-0.25, -0.2) is 4.98 Å². The molecule has 0 aliphatic heterocycles. The summed E-state index contributed by atoms with van der Waals surface area (Å²) >= 11 is 13.9. The number of carbonyl (C=O) groups is 1. The van der Waals surface area contributed by atoms with Gasteiger partial charge in [0.2, 0.25) is 5.91 Å². The molecule has 0 aliphatic carbocycles. The number of thiazole rings is 1. The van der Waals surface area contributed by atoms with E-state index in [1.54, 1.807) is 30.7 Å². The van der Waals surface area contributed by atoms with E-state index < -0.39 is 0 Å². The molecule has 0 unspecified atom stereocenters. The number of nitrogens with one attached hydrogen (secondary N) is 1. The molecule has 2 heterocycles. The molecule has 0 fully saturated rings. The van der Waals surface area contributed by atoms with Crippen LogP contribution in [0.2, 0.25) is 10.0 Å². The first-order chi connectivity index (χ1) is 12.5. The molecule has 1 atom stereocenters. The molecule has 0 bridgehead atoms. The Morgan fingerprint density at radius 1 is 1.27 bits per heavy atom. The molecule has 1 amide bonds. The molecule has 1 aromatic carbocycles. The normalized spacial score (nSPS) is 12.1. The molecule has 26 heavy (non-hydrogen) atoms. The van der Waals surface area contributed by atoms with Crippen molar-refractivity contribution < 1.29 is 9.21 Å². The summed E-state index contributed by atoms with van der Waals surface area (Å²) in [4.78, 5) is 17.5. The van der Waals surface area contributed by atoms with Crippen molar-refractivity contribution in [3.05, 3.63) is 63.5 Å². The molecule has 0 radical (unpaired) electrons. The summed E-state index contributed by atoms with van der Waals surface area (Å²) in [6.07, 6.45) is 5.26. The fraction of sp³-hybridized carbons (Fsp3) is 0.263. The number of carbonyl (C=O) groups excluding carboxylic acids is 1. The second-order valence-electron chi connectivity index (χ2n) is 5.99. The van der Waals surface area contributed by atoms with Crippen molar-refractivity contribution in [2.45, 2.75) is 32.2 Å². The highest BCUT2D eigenvalue weighted by Gasteiger charge is 2.15. The lowest BCUT2D eigenvalue weighted by Crippen LogP contribution is -2.33. The summed E-state index contributed by atoms with van der Waals surface area (Å²) in [5, 5.41) is 4.83. The average Bonchev–Trinajstić information content (AvgIpc) is 3.25. The third-order valence-corrected chi connectivity index (χ3v) is 5.52. The van der Waals surface area contributed by atoms with Gasteiger partial charge < -0.3 is 9.73 Å². The first-order valence-electron chi connectivity index (χ1n) is 8.23. The number of halogens is 2. The summed E-state index contributed by atoms with van der Waals surface area (Å²) in [7, 11) is 0. The number of nitrogens with zero attached hydrogens (tertiary/aromatic N) is 1. The Labute approximate surface area is 166 Å². The summed E-state index contributed by atoms with van der Waals surface area (Å²) in [5.41, 5.74) is 0.708. The Balaban J connectivity index is 1.56. The highest BCUT2D eigenvalue weighted by atomic mass is 35.5. The third-order valence-electron chi connectivity index (χ3n) is 3.88. The van der Waals surface area contributed by atoms with E-state index in [1.165, 1.54) is 11.3 Å². The first kappa shape index (κ1) is 19.0. The summed E-state index contributed by atoms with van der Waals surface area (Å²) in [5.74, 6) is 0.896. The van der Waals surface area contributed by atoms with Gasteiger partial charge in [0, 0.05) is 29.1 Å². The number of benzene rings is 1. The van der Waals surface area contributed by atoms with Gasteiger partial charge in [0.05, 0.1) is 22.7 Å². The molecule has 0 saturated carbocycles. The van der Waals surface area contributed by atoms with Crippen LogP contribution in [0.3, 0.4) is 0 Å². The molecule has 3 rings (SSSR count). The van der Waals surface area contributed by atoms with Crippen molar-refractivity contribution in [3.8, 4) is 10.6 Å². The van der Waals surface area contributed by atoms with Crippen LogP contribution in [0.4, 0.5) is 0 Å². The minimum Gasteiger partial charge on any atom is -0.469 e. The van der Waals surface area contributed by atoms with E-state index in [1.807, 2.05) is 19.1 Å². The van der Waals surface area contributed by atoms with Crippen LogP contribution in [0.25, 0.3) is 10.6 Å². The number of hydrogen-bond donors (Lipinski definition) is 1. The summed E-state index contributed by atoms with van der Waals surface area (Å²) < 4.78 is 5.31. The molecule has 0 saturated heterocycles. The zero-order valence-corrected chi connectivity index (χ0v) is 16.5. The van der Waals surface area contributed by atoms with Crippen LogP contribution in [0.1, 0.15) is 24.0 Å². The quantitative estimate of drug-likeness (QED) is 0.569. The van der Waals surface area contributed by atoms with Gasteiger partial charge in [0.25, 0.3) is 0 Å². The fourth-order valence-corrected chi connectivity index (χ4v) is 4.25. The Morgan fingerprint density at radius 3 is 2.73 bits per heavy atom. The molecular formula is C19H18Cl2N2O2S. The van der Waals surface area contributed by atoms with Crippen molar-refractivity contribution in [2.24, 2.45) is 0 Å². The second kappa shape index (κ2) is 8.71. The van der Waals surface area contributed by atoms with Crippen LogP contribution in [-0.4, -0.2) is 16.9 Å². The molecule has 1 N–H and O–H groups in total. The zero-order chi connectivity index (χ0) is 18.5. The van der Waals surface area contributed by atoms with Gasteiger partial charge in [-0.3, -0.25) is 4.79 Å². The lowest BCUT2D eigenvalue weighted by molar-refractivity contribution is -0.121. The van der Waals surface area contributed by atoms with Crippen LogP contribution in [0.5, 0.6) is 0 Å². The zero-order valence-electron chi connectivity index (χ0n) is 14.2. The molecule has 0 aliphatic rings. The van der Waals surface area contributed by atoms with E-state index in [0.29, 0.717) is 20.6 Å². The third kappa shape index (κ3) is 4.87. The molecule has 136 valence electrons. The number of hydrogen-bond acceptors (Lipinski definition) is 4. The van der Waals surface area contributed by atoms with Gasteiger partial charge in [0.1, 0.15) is 10.8 Å². The molecule has 7 heteroatoms. The number of aryl methyl sites for hydroxylation is 1. The van der Waals surface area contributed by atoms with Gasteiger partial charge >= 0.3 is 0 Å². The van der Waals surface area contributed by atoms with Crippen LogP contribution in [-0.2, 0) is 17.6 Å². The standard InChI is InChI=1S/C19H18Cl2N2O2S/c1-12(7-8-13-4-3-9-25-13)23-17(24)10-14-11-22-19(26-14)18-15(20)5-2-6-16(18)21/h2-6,9,11-12H,7-8,10H2,1H3,(H,23,24)/t12-/m0/s1. The highest BCUT2D eigenvalue weighted by Crippen LogP contribution is 2.36. The van der Waals surface area contributed by atoms with Gasteiger partial charge in [-0.15, -0.1) is 11.3 Å². The summed E-state index contributed by atoms with van der Waals surface area (Å²) in [6, 6.07) is 9.21. The number of furan rings is 1. The van der Waals surface area contributed by atoms with E-state index >= 15 is 0 Å². The highest BCUT2D eigenvalue weighted by molar-refractivity contribution is 7.15. The Morgan fingerprint density at radius 2 is 2.04 bits per heavy atom.